The predicted molar refractivity (Wildman–Crippen MR) is 88.3 cm³/mol. The van der Waals surface area contributed by atoms with Gasteiger partial charge < -0.3 is 5.11 Å². The molecule has 0 fully saturated rings. The van der Waals surface area contributed by atoms with Gasteiger partial charge >= 0.3 is 0 Å². The molecule has 1 nitrogen and oxygen atoms in total. The summed E-state index contributed by atoms with van der Waals surface area (Å²) in [7, 11) is 0. The summed E-state index contributed by atoms with van der Waals surface area (Å²) in [5.74, 6) is 0. The summed E-state index contributed by atoms with van der Waals surface area (Å²) in [6.07, 6.45) is 3.92. The highest BCUT2D eigenvalue weighted by Crippen LogP contribution is 2.41. The Labute approximate surface area is 135 Å². The van der Waals surface area contributed by atoms with E-state index < -0.39 is 0 Å². The minimum absolute atomic E-state index is 0.142. The Bertz CT molecular complexity index is 653. The first-order valence-electron chi connectivity index (χ1n) is 7.28. The van der Waals surface area contributed by atoms with Crippen LogP contribution < -0.4 is 0 Å². The Kier molecular flexibility index (Phi) is 4.26. The molecule has 1 aliphatic rings. The molecule has 0 heterocycles. The first-order valence-corrected chi connectivity index (χ1v) is 8.03. The molecule has 0 aromatic heterocycles. The standard InChI is InChI=1S/C18H18Cl2O/c19-15-8-7-14(17(20)10-15)11-18(12-21)9-3-5-13-4-1-2-6-16(13)18/h1-2,4,6-8,10,21H,3,5,9,11-12H2. The molecule has 1 aliphatic carbocycles. The summed E-state index contributed by atoms with van der Waals surface area (Å²) in [4.78, 5) is 0. The van der Waals surface area contributed by atoms with Gasteiger partial charge in [0.2, 0.25) is 0 Å². The first kappa shape index (κ1) is 14.9. The van der Waals surface area contributed by atoms with E-state index >= 15 is 0 Å². The van der Waals surface area contributed by atoms with E-state index in [1.165, 1.54) is 11.1 Å². The number of hydrogen-bond acceptors (Lipinski definition) is 1. The molecule has 0 spiro atoms. The van der Waals surface area contributed by atoms with Crippen molar-refractivity contribution in [2.45, 2.75) is 31.1 Å². The van der Waals surface area contributed by atoms with Crippen molar-refractivity contribution in [3.8, 4) is 0 Å². The summed E-state index contributed by atoms with van der Waals surface area (Å²) in [6, 6.07) is 14.1. The highest BCUT2D eigenvalue weighted by molar-refractivity contribution is 6.35. The third-order valence-corrected chi connectivity index (χ3v) is 5.12. The maximum absolute atomic E-state index is 10.1. The van der Waals surface area contributed by atoms with Gasteiger partial charge in [0.1, 0.15) is 0 Å². The Balaban J connectivity index is 2.02. The van der Waals surface area contributed by atoms with Crippen molar-refractivity contribution < 1.29 is 5.11 Å². The van der Waals surface area contributed by atoms with Crippen LogP contribution in [0.5, 0.6) is 0 Å². The molecule has 2 aromatic carbocycles. The molecule has 1 atom stereocenters. The first-order chi connectivity index (χ1) is 10.1. The van der Waals surface area contributed by atoms with Gasteiger partial charge in [-0.15, -0.1) is 0 Å². The van der Waals surface area contributed by atoms with Crippen LogP contribution >= 0.6 is 23.2 Å². The molecule has 1 unspecified atom stereocenters. The van der Waals surface area contributed by atoms with Gasteiger partial charge in [0.25, 0.3) is 0 Å². The van der Waals surface area contributed by atoms with E-state index in [2.05, 4.69) is 24.3 Å². The molecular formula is C18H18Cl2O. The Hall–Kier alpha value is -1.02. The Morgan fingerprint density at radius 2 is 1.90 bits per heavy atom. The van der Waals surface area contributed by atoms with Crippen molar-refractivity contribution >= 4 is 23.2 Å². The lowest BCUT2D eigenvalue weighted by Crippen LogP contribution is -2.37. The molecule has 110 valence electrons. The van der Waals surface area contributed by atoms with Gasteiger partial charge in [-0.05, 0) is 54.5 Å². The van der Waals surface area contributed by atoms with E-state index in [0.717, 1.165) is 31.2 Å². The smallest absolute Gasteiger partial charge is 0.0531 e. The summed E-state index contributed by atoms with van der Waals surface area (Å²) in [5, 5.41) is 11.4. The van der Waals surface area contributed by atoms with E-state index in [1.807, 2.05) is 12.1 Å². The number of halogens is 2. The lowest BCUT2D eigenvalue weighted by Gasteiger charge is -2.38. The van der Waals surface area contributed by atoms with Crippen molar-refractivity contribution in [1.82, 2.24) is 0 Å². The Morgan fingerprint density at radius 1 is 1.10 bits per heavy atom. The van der Waals surface area contributed by atoms with E-state index in [4.69, 9.17) is 23.2 Å². The van der Waals surface area contributed by atoms with Gasteiger partial charge in [0, 0.05) is 15.5 Å². The van der Waals surface area contributed by atoms with Crippen LogP contribution in [0.4, 0.5) is 0 Å². The van der Waals surface area contributed by atoms with Crippen molar-refractivity contribution in [2.24, 2.45) is 0 Å². The molecule has 21 heavy (non-hydrogen) atoms. The molecule has 0 bridgehead atoms. The lowest BCUT2D eigenvalue weighted by atomic mass is 9.67. The fourth-order valence-electron chi connectivity index (χ4n) is 3.44. The topological polar surface area (TPSA) is 20.2 Å². The lowest BCUT2D eigenvalue weighted by molar-refractivity contribution is 0.173. The van der Waals surface area contributed by atoms with E-state index in [9.17, 15) is 5.11 Å². The maximum atomic E-state index is 10.1. The van der Waals surface area contributed by atoms with Crippen LogP contribution in [0.15, 0.2) is 42.5 Å². The van der Waals surface area contributed by atoms with Crippen LogP contribution in [0.3, 0.4) is 0 Å². The average molecular weight is 321 g/mol. The van der Waals surface area contributed by atoms with Gasteiger partial charge in [-0.1, -0.05) is 53.5 Å². The number of benzene rings is 2. The number of rotatable bonds is 3. The fraction of sp³-hybridized carbons (Fsp3) is 0.333. The van der Waals surface area contributed by atoms with E-state index in [0.29, 0.717) is 10.0 Å². The molecule has 0 saturated carbocycles. The van der Waals surface area contributed by atoms with Crippen molar-refractivity contribution in [1.29, 1.82) is 0 Å². The zero-order valence-electron chi connectivity index (χ0n) is 11.8. The number of hydrogen-bond donors (Lipinski definition) is 1. The van der Waals surface area contributed by atoms with Crippen LogP contribution in [0.2, 0.25) is 10.0 Å². The monoisotopic (exact) mass is 320 g/mol. The summed E-state index contributed by atoms with van der Waals surface area (Å²) < 4.78 is 0. The number of aliphatic hydroxyl groups is 1. The highest BCUT2D eigenvalue weighted by atomic mass is 35.5. The van der Waals surface area contributed by atoms with Gasteiger partial charge in [-0.2, -0.15) is 0 Å². The molecule has 1 N–H and O–H groups in total. The average Bonchev–Trinajstić information content (AvgIpc) is 2.50. The summed E-state index contributed by atoms with van der Waals surface area (Å²) in [6.45, 7) is 0.142. The molecular weight excluding hydrogens is 303 g/mol. The van der Waals surface area contributed by atoms with Crippen LogP contribution in [-0.2, 0) is 18.3 Å². The van der Waals surface area contributed by atoms with Gasteiger partial charge in [-0.3, -0.25) is 0 Å². The SMILES string of the molecule is OCC1(Cc2ccc(Cl)cc2Cl)CCCc2ccccc21. The summed E-state index contributed by atoms with van der Waals surface area (Å²) >= 11 is 12.3. The number of aliphatic hydroxyl groups excluding tert-OH is 1. The number of fused-ring (bicyclic) bond motifs is 1. The zero-order chi connectivity index (χ0) is 14.9. The second kappa shape index (κ2) is 6.00. The van der Waals surface area contributed by atoms with Crippen LogP contribution in [0, 0.1) is 0 Å². The fourth-order valence-corrected chi connectivity index (χ4v) is 3.92. The predicted octanol–water partition coefficient (Wildman–Crippen LogP) is 4.80. The molecule has 3 rings (SSSR count). The molecule has 0 aliphatic heterocycles. The van der Waals surface area contributed by atoms with Crippen molar-refractivity contribution in [3.63, 3.8) is 0 Å². The van der Waals surface area contributed by atoms with Crippen LogP contribution in [0.1, 0.15) is 29.5 Å². The zero-order valence-corrected chi connectivity index (χ0v) is 13.3. The van der Waals surface area contributed by atoms with Crippen LogP contribution in [-0.4, -0.2) is 11.7 Å². The minimum Gasteiger partial charge on any atom is -0.395 e. The largest absolute Gasteiger partial charge is 0.395 e. The van der Waals surface area contributed by atoms with Crippen LogP contribution in [0.25, 0.3) is 0 Å². The quantitative estimate of drug-likeness (QED) is 0.861. The molecule has 2 aromatic rings. The maximum Gasteiger partial charge on any atom is 0.0531 e. The minimum atomic E-state index is -0.230. The molecule has 0 saturated heterocycles. The van der Waals surface area contributed by atoms with Gasteiger partial charge in [0.05, 0.1) is 6.61 Å². The highest BCUT2D eigenvalue weighted by Gasteiger charge is 2.36. The van der Waals surface area contributed by atoms with E-state index in [1.54, 1.807) is 6.07 Å². The second-order valence-electron chi connectivity index (χ2n) is 5.86. The van der Waals surface area contributed by atoms with Gasteiger partial charge in [0.15, 0.2) is 0 Å². The second-order valence-corrected chi connectivity index (χ2v) is 6.71. The molecule has 0 radical (unpaired) electrons. The number of aryl methyl sites for hydroxylation is 1. The van der Waals surface area contributed by atoms with Crippen molar-refractivity contribution in [2.75, 3.05) is 6.61 Å². The van der Waals surface area contributed by atoms with E-state index in [-0.39, 0.29) is 12.0 Å². The third kappa shape index (κ3) is 2.83. The summed E-state index contributed by atoms with van der Waals surface area (Å²) in [5.41, 5.74) is 3.44. The normalized spacial score (nSPS) is 21.1. The molecule has 0 amide bonds. The van der Waals surface area contributed by atoms with Crippen molar-refractivity contribution in [3.05, 3.63) is 69.2 Å². The van der Waals surface area contributed by atoms with Gasteiger partial charge in [-0.25, -0.2) is 0 Å². The third-order valence-electron chi connectivity index (χ3n) is 4.54. The Morgan fingerprint density at radius 3 is 2.67 bits per heavy atom. The molecule has 3 heteroatoms.